The highest BCUT2D eigenvalue weighted by atomic mass is 16.5. The number of hydrogen-bond acceptors (Lipinski definition) is 3. The van der Waals surface area contributed by atoms with E-state index in [9.17, 15) is 4.79 Å². The number of fused-ring (bicyclic) bond motifs is 1. The molecular weight excluding hydrogens is 228 g/mol. The van der Waals surface area contributed by atoms with Gasteiger partial charge in [-0.15, -0.1) is 0 Å². The predicted octanol–water partition coefficient (Wildman–Crippen LogP) is 2.99. The monoisotopic (exact) mass is 250 g/mol. The number of ether oxygens (including phenoxy) is 1. The maximum Gasteiger partial charge on any atom is 0.299 e. The summed E-state index contributed by atoms with van der Waals surface area (Å²) in [5.74, 6) is 0. The highest BCUT2D eigenvalue weighted by Gasteiger charge is 2.06. The topological polar surface area (TPSA) is 44.1 Å². The van der Waals surface area contributed by atoms with Gasteiger partial charge in [0, 0.05) is 7.05 Å². The van der Waals surface area contributed by atoms with Crippen LogP contribution in [0.2, 0.25) is 0 Å². The normalized spacial score (nSPS) is 8.78. The first-order valence-electron chi connectivity index (χ1n) is 6.24. The molecule has 1 aromatic carbocycles. The SMILES string of the molecule is CC.CC.COc1nc2ccccc2c(=O)n1C. The molecule has 0 bridgehead atoms. The summed E-state index contributed by atoms with van der Waals surface area (Å²) in [5, 5.41) is 0.607. The molecular formula is C14H22N2O2. The Bertz CT molecular complexity index is 533. The average Bonchev–Trinajstić information content (AvgIpc) is 2.47. The number of methoxy groups -OCH3 is 1. The van der Waals surface area contributed by atoms with Gasteiger partial charge >= 0.3 is 0 Å². The van der Waals surface area contributed by atoms with Gasteiger partial charge in [0.25, 0.3) is 11.6 Å². The number of para-hydroxylation sites is 1. The van der Waals surface area contributed by atoms with Gasteiger partial charge in [-0.25, -0.2) is 0 Å². The van der Waals surface area contributed by atoms with E-state index in [2.05, 4.69) is 4.98 Å². The lowest BCUT2D eigenvalue weighted by atomic mass is 10.2. The number of benzene rings is 1. The van der Waals surface area contributed by atoms with Crippen molar-refractivity contribution in [1.82, 2.24) is 9.55 Å². The maximum atomic E-state index is 11.8. The van der Waals surface area contributed by atoms with Crippen LogP contribution in [0.3, 0.4) is 0 Å². The minimum Gasteiger partial charge on any atom is -0.468 e. The molecule has 2 rings (SSSR count). The number of rotatable bonds is 1. The van der Waals surface area contributed by atoms with Gasteiger partial charge in [0.1, 0.15) is 0 Å². The van der Waals surface area contributed by atoms with Gasteiger partial charge in [-0.1, -0.05) is 39.8 Å². The van der Waals surface area contributed by atoms with Crippen molar-refractivity contribution in [1.29, 1.82) is 0 Å². The van der Waals surface area contributed by atoms with Crippen LogP contribution in [0.1, 0.15) is 27.7 Å². The lowest BCUT2D eigenvalue weighted by molar-refractivity contribution is 0.359. The fourth-order valence-corrected chi connectivity index (χ4v) is 1.38. The first kappa shape index (κ1) is 16.2. The molecule has 100 valence electrons. The van der Waals surface area contributed by atoms with Crippen molar-refractivity contribution in [3.8, 4) is 6.01 Å². The van der Waals surface area contributed by atoms with Crippen LogP contribution in [0, 0.1) is 0 Å². The summed E-state index contributed by atoms with van der Waals surface area (Å²) in [5.41, 5.74) is 0.569. The van der Waals surface area contributed by atoms with Gasteiger partial charge in [-0.2, -0.15) is 4.98 Å². The molecule has 0 N–H and O–H groups in total. The molecule has 0 radical (unpaired) electrons. The summed E-state index contributed by atoms with van der Waals surface area (Å²) in [6.07, 6.45) is 0. The molecule has 1 aromatic heterocycles. The smallest absolute Gasteiger partial charge is 0.299 e. The lowest BCUT2D eigenvalue weighted by Crippen LogP contribution is -2.19. The van der Waals surface area contributed by atoms with E-state index in [1.807, 2.05) is 39.8 Å². The molecule has 0 aliphatic rings. The number of nitrogens with zero attached hydrogens (tertiary/aromatic N) is 2. The van der Waals surface area contributed by atoms with Crippen molar-refractivity contribution in [2.45, 2.75) is 27.7 Å². The summed E-state index contributed by atoms with van der Waals surface area (Å²) < 4.78 is 6.38. The Morgan fingerprint density at radius 3 is 2.22 bits per heavy atom. The average molecular weight is 250 g/mol. The predicted molar refractivity (Wildman–Crippen MR) is 76.2 cm³/mol. The van der Waals surface area contributed by atoms with E-state index in [4.69, 9.17) is 4.74 Å². The second kappa shape index (κ2) is 8.28. The molecule has 0 unspecified atom stereocenters. The molecule has 0 spiro atoms. The van der Waals surface area contributed by atoms with Crippen LogP contribution in [0.4, 0.5) is 0 Å². The van der Waals surface area contributed by atoms with Crippen molar-refractivity contribution in [2.24, 2.45) is 7.05 Å². The second-order valence-electron chi connectivity index (χ2n) is 2.98. The van der Waals surface area contributed by atoms with Gasteiger partial charge < -0.3 is 4.74 Å². The molecule has 2 aromatic rings. The Balaban J connectivity index is 0.000000659. The van der Waals surface area contributed by atoms with E-state index in [0.717, 1.165) is 0 Å². The third-order valence-corrected chi connectivity index (χ3v) is 2.12. The zero-order valence-corrected chi connectivity index (χ0v) is 12.0. The van der Waals surface area contributed by atoms with Crippen LogP contribution in [0.25, 0.3) is 10.9 Å². The standard InChI is InChI=1S/C10H10N2O2.2C2H6/c1-12-9(13)7-5-3-4-6-8(7)11-10(12)14-2;2*1-2/h3-6H,1-2H3;2*1-2H3. The molecule has 0 aliphatic carbocycles. The van der Waals surface area contributed by atoms with Crippen molar-refractivity contribution in [3.05, 3.63) is 34.6 Å². The highest BCUT2D eigenvalue weighted by molar-refractivity contribution is 5.77. The van der Waals surface area contributed by atoms with Crippen LogP contribution in [-0.4, -0.2) is 16.7 Å². The summed E-state index contributed by atoms with van der Waals surface area (Å²) in [6.45, 7) is 8.00. The molecule has 18 heavy (non-hydrogen) atoms. The largest absolute Gasteiger partial charge is 0.468 e. The van der Waals surface area contributed by atoms with Crippen LogP contribution in [0.15, 0.2) is 29.1 Å². The van der Waals surface area contributed by atoms with E-state index in [1.165, 1.54) is 11.7 Å². The van der Waals surface area contributed by atoms with E-state index in [0.29, 0.717) is 16.9 Å². The third kappa shape index (κ3) is 3.32. The number of hydrogen-bond donors (Lipinski definition) is 0. The summed E-state index contributed by atoms with van der Waals surface area (Å²) >= 11 is 0. The molecule has 1 heterocycles. The van der Waals surface area contributed by atoms with Gasteiger partial charge in [-0.05, 0) is 12.1 Å². The molecule has 4 nitrogen and oxygen atoms in total. The molecule has 0 aliphatic heterocycles. The molecule has 0 fully saturated rings. The fraction of sp³-hybridized carbons (Fsp3) is 0.429. The van der Waals surface area contributed by atoms with Gasteiger partial charge in [0.2, 0.25) is 0 Å². The number of aromatic nitrogens is 2. The first-order valence-corrected chi connectivity index (χ1v) is 6.24. The van der Waals surface area contributed by atoms with Crippen LogP contribution in [0.5, 0.6) is 6.01 Å². The van der Waals surface area contributed by atoms with Crippen LogP contribution < -0.4 is 10.3 Å². The van der Waals surface area contributed by atoms with Crippen LogP contribution >= 0.6 is 0 Å². The van der Waals surface area contributed by atoms with Crippen LogP contribution in [-0.2, 0) is 7.05 Å². The van der Waals surface area contributed by atoms with E-state index >= 15 is 0 Å². The van der Waals surface area contributed by atoms with E-state index in [-0.39, 0.29) is 5.56 Å². The molecule has 0 saturated carbocycles. The zero-order valence-electron chi connectivity index (χ0n) is 12.0. The van der Waals surface area contributed by atoms with Gasteiger partial charge in [0.15, 0.2) is 0 Å². The fourth-order valence-electron chi connectivity index (χ4n) is 1.38. The van der Waals surface area contributed by atoms with Gasteiger partial charge in [0.05, 0.1) is 18.0 Å². The second-order valence-corrected chi connectivity index (χ2v) is 2.98. The third-order valence-electron chi connectivity index (χ3n) is 2.12. The van der Waals surface area contributed by atoms with Gasteiger partial charge in [-0.3, -0.25) is 9.36 Å². The molecule has 0 atom stereocenters. The Morgan fingerprint density at radius 1 is 1.11 bits per heavy atom. The lowest BCUT2D eigenvalue weighted by Gasteiger charge is -2.06. The Hall–Kier alpha value is -1.84. The molecule has 0 amide bonds. The first-order chi connectivity index (χ1) is 8.74. The zero-order chi connectivity index (χ0) is 14.1. The minimum atomic E-state index is -0.0903. The molecule has 4 heteroatoms. The maximum absolute atomic E-state index is 11.8. The van der Waals surface area contributed by atoms with E-state index in [1.54, 1.807) is 19.2 Å². The summed E-state index contributed by atoms with van der Waals surface area (Å²) in [7, 11) is 3.14. The van der Waals surface area contributed by atoms with Crippen molar-refractivity contribution < 1.29 is 4.74 Å². The Morgan fingerprint density at radius 2 is 1.67 bits per heavy atom. The van der Waals surface area contributed by atoms with E-state index < -0.39 is 0 Å². The quantitative estimate of drug-likeness (QED) is 0.781. The Kier molecular flexibility index (Phi) is 7.43. The Labute approximate surface area is 108 Å². The van der Waals surface area contributed by atoms with Crippen molar-refractivity contribution in [2.75, 3.05) is 7.11 Å². The summed E-state index contributed by atoms with van der Waals surface area (Å²) in [6, 6.07) is 7.53. The summed E-state index contributed by atoms with van der Waals surface area (Å²) in [4.78, 5) is 15.9. The minimum absolute atomic E-state index is 0.0903. The van der Waals surface area contributed by atoms with Crippen molar-refractivity contribution >= 4 is 10.9 Å². The molecule has 0 saturated heterocycles. The highest BCUT2D eigenvalue weighted by Crippen LogP contribution is 2.10. The van der Waals surface area contributed by atoms with Crippen molar-refractivity contribution in [3.63, 3.8) is 0 Å².